The lowest BCUT2D eigenvalue weighted by molar-refractivity contribution is -0.152. The summed E-state index contributed by atoms with van der Waals surface area (Å²) in [5.74, 6) is -0.225. The molecule has 192 valence electrons. The molecule has 1 unspecified atom stereocenters. The molecule has 0 spiro atoms. The number of piperidine rings is 1. The number of benzene rings is 1. The highest BCUT2D eigenvalue weighted by Gasteiger charge is 2.55. The van der Waals surface area contributed by atoms with Crippen LogP contribution in [-0.4, -0.2) is 44.0 Å². The van der Waals surface area contributed by atoms with Gasteiger partial charge in [0.05, 0.1) is 17.6 Å². The summed E-state index contributed by atoms with van der Waals surface area (Å²) in [6.45, 7) is 12.4. The van der Waals surface area contributed by atoms with Gasteiger partial charge in [0, 0.05) is 18.5 Å². The molecule has 2 heterocycles. The second-order valence-corrected chi connectivity index (χ2v) is 13.0. The van der Waals surface area contributed by atoms with Crippen LogP contribution in [0.1, 0.15) is 75.1 Å². The molecule has 4 rings (SSSR count). The van der Waals surface area contributed by atoms with Gasteiger partial charge in [-0.05, 0) is 108 Å². The van der Waals surface area contributed by atoms with Crippen molar-refractivity contribution in [1.82, 2.24) is 4.31 Å². The number of nitriles is 1. The first-order valence-electron chi connectivity index (χ1n) is 12.8. The van der Waals surface area contributed by atoms with Gasteiger partial charge in [-0.25, -0.2) is 8.42 Å². The lowest BCUT2D eigenvalue weighted by Gasteiger charge is -2.43. The summed E-state index contributed by atoms with van der Waals surface area (Å²) in [7, 11) is -3.75. The monoisotopic (exact) mass is 502 g/mol. The Morgan fingerprint density at radius 3 is 2.31 bits per heavy atom. The maximum absolute atomic E-state index is 14.0. The summed E-state index contributed by atoms with van der Waals surface area (Å²) in [5, 5.41) is 9.88. The first-order chi connectivity index (χ1) is 16.4. The smallest absolute Gasteiger partial charge is 0.323 e. The Morgan fingerprint density at radius 1 is 1.14 bits per heavy atom. The molecule has 0 bridgehead atoms. The SMILES string of the molecule is CCOC(=O)C(C#N)C1(C2CC2)CCN(S(=O)(=O)c2c(C)c(C)c3c(c2C)CCC(C)(C)O3)CC1. The topological polar surface area (TPSA) is 96.7 Å². The maximum atomic E-state index is 14.0. The van der Waals surface area contributed by atoms with E-state index in [0.29, 0.717) is 30.8 Å². The van der Waals surface area contributed by atoms with Crippen LogP contribution in [0.3, 0.4) is 0 Å². The van der Waals surface area contributed by atoms with E-state index in [1.54, 1.807) is 11.2 Å². The molecule has 1 saturated carbocycles. The minimum atomic E-state index is -3.75. The fraction of sp³-hybridized carbons (Fsp3) is 0.704. The Labute approximate surface area is 209 Å². The summed E-state index contributed by atoms with van der Waals surface area (Å²) in [6.07, 6.45) is 4.55. The molecule has 3 aliphatic rings. The summed E-state index contributed by atoms with van der Waals surface area (Å²) >= 11 is 0. The minimum Gasteiger partial charge on any atom is -0.487 e. The maximum Gasteiger partial charge on any atom is 0.323 e. The van der Waals surface area contributed by atoms with Crippen molar-refractivity contribution in [3.8, 4) is 11.8 Å². The number of esters is 1. The van der Waals surface area contributed by atoms with Crippen molar-refractivity contribution in [3.05, 3.63) is 22.3 Å². The number of carbonyl (C=O) groups is 1. The highest BCUT2D eigenvalue weighted by molar-refractivity contribution is 7.89. The summed E-state index contributed by atoms with van der Waals surface area (Å²) in [4.78, 5) is 13.0. The van der Waals surface area contributed by atoms with E-state index < -0.39 is 27.3 Å². The molecule has 0 radical (unpaired) electrons. The van der Waals surface area contributed by atoms with Crippen LogP contribution in [0.4, 0.5) is 0 Å². The van der Waals surface area contributed by atoms with Gasteiger partial charge in [-0.2, -0.15) is 9.57 Å². The molecule has 1 saturated heterocycles. The molecule has 2 fully saturated rings. The molecule has 0 amide bonds. The van der Waals surface area contributed by atoms with E-state index in [9.17, 15) is 18.5 Å². The van der Waals surface area contributed by atoms with Gasteiger partial charge in [-0.1, -0.05) is 0 Å². The first kappa shape index (κ1) is 26.0. The van der Waals surface area contributed by atoms with Gasteiger partial charge < -0.3 is 9.47 Å². The Kier molecular flexibility index (Phi) is 6.74. The van der Waals surface area contributed by atoms with Gasteiger partial charge in [0.2, 0.25) is 10.0 Å². The fourth-order valence-corrected chi connectivity index (χ4v) is 8.21. The predicted octanol–water partition coefficient (Wildman–Crippen LogP) is 4.60. The molecular formula is C27H38N2O5S. The van der Waals surface area contributed by atoms with Crippen LogP contribution >= 0.6 is 0 Å². The minimum absolute atomic E-state index is 0.232. The van der Waals surface area contributed by atoms with Crippen molar-refractivity contribution in [1.29, 1.82) is 5.26 Å². The molecule has 1 aromatic carbocycles. The van der Waals surface area contributed by atoms with Gasteiger partial charge in [-0.15, -0.1) is 0 Å². The van der Waals surface area contributed by atoms with Crippen LogP contribution in [-0.2, 0) is 26.0 Å². The van der Waals surface area contributed by atoms with Crippen molar-refractivity contribution >= 4 is 16.0 Å². The van der Waals surface area contributed by atoms with Crippen molar-refractivity contribution in [2.75, 3.05) is 19.7 Å². The van der Waals surface area contributed by atoms with E-state index in [2.05, 4.69) is 19.9 Å². The fourth-order valence-electron chi connectivity index (χ4n) is 6.24. The molecular weight excluding hydrogens is 464 g/mol. The van der Waals surface area contributed by atoms with Gasteiger partial charge in [-0.3, -0.25) is 4.79 Å². The number of hydrogen-bond acceptors (Lipinski definition) is 6. The zero-order valence-corrected chi connectivity index (χ0v) is 22.7. The molecule has 7 nitrogen and oxygen atoms in total. The summed E-state index contributed by atoms with van der Waals surface area (Å²) < 4.78 is 41.1. The van der Waals surface area contributed by atoms with Crippen LogP contribution in [0.15, 0.2) is 4.90 Å². The largest absolute Gasteiger partial charge is 0.487 e. The third-order valence-corrected chi connectivity index (χ3v) is 10.7. The quantitative estimate of drug-likeness (QED) is 0.528. The van der Waals surface area contributed by atoms with E-state index in [0.717, 1.165) is 53.7 Å². The zero-order valence-electron chi connectivity index (χ0n) is 21.9. The number of nitrogens with zero attached hydrogens (tertiary/aromatic N) is 2. The molecule has 35 heavy (non-hydrogen) atoms. The Morgan fingerprint density at radius 2 is 1.77 bits per heavy atom. The highest BCUT2D eigenvalue weighted by Crippen LogP contribution is 2.56. The molecule has 1 aliphatic carbocycles. The van der Waals surface area contributed by atoms with E-state index in [1.165, 1.54) is 0 Å². The zero-order chi connectivity index (χ0) is 25.8. The number of fused-ring (bicyclic) bond motifs is 1. The van der Waals surface area contributed by atoms with Crippen molar-refractivity contribution in [2.45, 2.75) is 90.6 Å². The van der Waals surface area contributed by atoms with Crippen LogP contribution in [0.5, 0.6) is 5.75 Å². The second kappa shape index (κ2) is 9.08. The lowest BCUT2D eigenvalue weighted by atomic mass is 9.66. The Balaban J connectivity index is 1.65. The third-order valence-electron chi connectivity index (χ3n) is 8.53. The molecule has 0 aromatic heterocycles. The molecule has 2 aliphatic heterocycles. The van der Waals surface area contributed by atoms with Gasteiger partial charge in [0.1, 0.15) is 17.3 Å². The molecule has 8 heteroatoms. The number of ether oxygens (including phenoxy) is 2. The molecule has 1 aromatic rings. The highest BCUT2D eigenvalue weighted by atomic mass is 32.2. The average Bonchev–Trinajstić information content (AvgIpc) is 3.64. The summed E-state index contributed by atoms with van der Waals surface area (Å²) in [5.41, 5.74) is 2.60. The number of rotatable bonds is 6. The van der Waals surface area contributed by atoms with Gasteiger partial charge >= 0.3 is 5.97 Å². The number of hydrogen-bond donors (Lipinski definition) is 0. The first-order valence-corrected chi connectivity index (χ1v) is 14.2. The second-order valence-electron chi connectivity index (χ2n) is 11.1. The van der Waals surface area contributed by atoms with Crippen LogP contribution in [0.2, 0.25) is 0 Å². The number of sulfonamides is 1. The van der Waals surface area contributed by atoms with Crippen molar-refractivity contribution < 1.29 is 22.7 Å². The van der Waals surface area contributed by atoms with Crippen LogP contribution in [0.25, 0.3) is 0 Å². The van der Waals surface area contributed by atoms with Crippen LogP contribution < -0.4 is 4.74 Å². The standard InChI is InChI=1S/C27H38N2O5S/c1-7-33-25(30)22(16-28)27(20-8-9-20)12-14-29(15-13-27)35(31,32)24-18(3)17(2)23-21(19(24)4)10-11-26(5,6)34-23/h20,22H,7-15H2,1-6H3. The predicted molar refractivity (Wildman–Crippen MR) is 133 cm³/mol. The van der Waals surface area contributed by atoms with Crippen molar-refractivity contribution in [3.63, 3.8) is 0 Å². The van der Waals surface area contributed by atoms with Crippen molar-refractivity contribution in [2.24, 2.45) is 17.3 Å². The van der Waals surface area contributed by atoms with E-state index in [1.807, 2.05) is 20.8 Å². The lowest BCUT2D eigenvalue weighted by Crippen LogP contribution is -2.49. The van der Waals surface area contributed by atoms with E-state index >= 15 is 0 Å². The van der Waals surface area contributed by atoms with Gasteiger partial charge in [0.25, 0.3) is 0 Å². The molecule has 1 atom stereocenters. The van der Waals surface area contributed by atoms with E-state index in [-0.39, 0.29) is 18.1 Å². The summed E-state index contributed by atoms with van der Waals surface area (Å²) in [6, 6.07) is 2.21. The van der Waals surface area contributed by atoms with Gasteiger partial charge in [0.15, 0.2) is 0 Å². The Hall–Kier alpha value is -2.11. The number of carbonyl (C=O) groups excluding carboxylic acids is 1. The molecule has 0 N–H and O–H groups in total. The normalized spacial score (nSPS) is 22.4. The Bertz CT molecular complexity index is 1170. The van der Waals surface area contributed by atoms with E-state index in [4.69, 9.17) is 9.47 Å². The average molecular weight is 503 g/mol. The third kappa shape index (κ3) is 4.35. The van der Waals surface area contributed by atoms with Crippen LogP contribution in [0, 0.1) is 49.4 Å².